The summed E-state index contributed by atoms with van der Waals surface area (Å²) in [7, 11) is 0. The summed E-state index contributed by atoms with van der Waals surface area (Å²) in [5, 5.41) is 17.9. The zero-order valence-electron chi connectivity index (χ0n) is 32.7. The molecule has 0 aliphatic carbocycles. The SMILES string of the molecule is [2H]C([2H])(C(=O)O)C([2H])([2H])C([2H])([2H])C([2H])([2H])C([2H])([2H])C([2H])([2H])C([2H])([2H])C([2H])([2H])C([2H])([2H])C([2H])([2H])C([2H])([2H])C([2H])([2H])C(=O)O. The van der Waals surface area contributed by atoms with Gasteiger partial charge in [0.1, 0.15) is 0 Å². The zero-order chi connectivity index (χ0) is 35.2. The van der Waals surface area contributed by atoms with Gasteiger partial charge in [0.25, 0.3) is 0 Å². The molecule has 0 aromatic rings. The lowest BCUT2D eigenvalue weighted by Crippen LogP contribution is -1.93. The first-order chi connectivity index (χ1) is 17.6. The van der Waals surface area contributed by atoms with Crippen LogP contribution in [0.1, 0.15) is 109 Å². The molecular weight excluding hydrogens is 232 g/mol. The Morgan fingerprint density at radius 3 is 1.06 bits per heavy atom. The van der Waals surface area contributed by atoms with Crippen molar-refractivity contribution in [1.82, 2.24) is 0 Å². The predicted molar refractivity (Wildman–Crippen MR) is 70.7 cm³/mol. The molecule has 2 N–H and O–H groups in total. The summed E-state index contributed by atoms with van der Waals surface area (Å²) >= 11 is 0. The number of carboxylic acids is 2. The van der Waals surface area contributed by atoms with Gasteiger partial charge < -0.3 is 10.2 Å². The third-order valence-corrected chi connectivity index (χ3v) is 0.901. The van der Waals surface area contributed by atoms with Gasteiger partial charge in [-0.1, -0.05) is 51.0 Å². The standard InChI is InChI=1S/C14H26O4/c15-13(16)11-9-7-5-3-1-2-4-6-8-10-12-14(17)18/h1-12H2,(H,15,16)(H,17,18)/i1D2,2D2,3D2,4D2,5D2,6D2,7D2,8D2,9D2,10D2,11D2,12D2. The zero-order valence-corrected chi connectivity index (χ0v) is 8.71. The van der Waals surface area contributed by atoms with Crippen molar-refractivity contribution in [2.45, 2.75) is 76.5 Å². The highest BCUT2D eigenvalue weighted by molar-refractivity contribution is 5.66. The fraction of sp³-hybridized carbons (Fsp3) is 0.857. The molecule has 0 fully saturated rings. The molecule has 0 atom stereocenters. The Morgan fingerprint density at radius 2 is 0.833 bits per heavy atom. The molecule has 0 amide bonds. The molecule has 4 heteroatoms. The highest BCUT2D eigenvalue weighted by Crippen LogP contribution is 2.11. The van der Waals surface area contributed by atoms with Gasteiger partial charge in [0.15, 0.2) is 0 Å². The van der Waals surface area contributed by atoms with E-state index in [0.717, 1.165) is 0 Å². The molecule has 106 valence electrons. The van der Waals surface area contributed by atoms with Crippen LogP contribution in [0.4, 0.5) is 0 Å². The van der Waals surface area contributed by atoms with E-state index in [1.54, 1.807) is 0 Å². The van der Waals surface area contributed by atoms with E-state index >= 15 is 0 Å². The monoisotopic (exact) mass is 282 g/mol. The van der Waals surface area contributed by atoms with Gasteiger partial charge in [0, 0.05) is 45.6 Å². The summed E-state index contributed by atoms with van der Waals surface area (Å²) < 4.78 is 186. The van der Waals surface area contributed by atoms with Gasteiger partial charge in [-0.25, -0.2) is 0 Å². The van der Waals surface area contributed by atoms with Gasteiger partial charge in [-0.05, 0) is 12.7 Å². The molecule has 0 rings (SSSR count). The summed E-state index contributed by atoms with van der Waals surface area (Å²) in [6.07, 6.45) is -57.0. The van der Waals surface area contributed by atoms with Crippen molar-refractivity contribution in [2.24, 2.45) is 0 Å². The Kier molecular flexibility index (Phi) is 1.86. The number of aliphatic carboxylic acids is 2. The number of carbonyl (C=O) groups is 2. The average molecular weight is 283 g/mol. The van der Waals surface area contributed by atoms with Crippen LogP contribution >= 0.6 is 0 Å². The topological polar surface area (TPSA) is 74.6 Å². The van der Waals surface area contributed by atoms with Crippen LogP contribution in [0.15, 0.2) is 0 Å². The van der Waals surface area contributed by atoms with Crippen molar-refractivity contribution in [3.63, 3.8) is 0 Å². The molecule has 0 aromatic heterocycles. The van der Waals surface area contributed by atoms with Crippen LogP contribution in [-0.2, 0) is 9.59 Å². The first-order valence-corrected chi connectivity index (χ1v) is 4.11. The molecule has 0 spiro atoms. The molecule has 0 saturated heterocycles. The first-order valence-electron chi connectivity index (χ1n) is 16.1. The maximum Gasteiger partial charge on any atom is 0.303 e. The van der Waals surface area contributed by atoms with Crippen LogP contribution in [0, 0.1) is 0 Å². The molecule has 18 heavy (non-hydrogen) atoms. The molecule has 0 aliphatic rings. The van der Waals surface area contributed by atoms with Crippen LogP contribution in [0.25, 0.3) is 0 Å². The smallest absolute Gasteiger partial charge is 0.303 e. The Balaban J connectivity index is 7.45. The highest BCUT2D eigenvalue weighted by Gasteiger charge is 1.98. The second kappa shape index (κ2) is 12.4. The van der Waals surface area contributed by atoms with Crippen molar-refractivity contribution in [1.29, 1.82) is 0 Å². The summed E-state index contributed by atoms with van der Waals surface area (Å²) in [5.74, 6) is -5.46. The normalized spacial score (nSPS) is 39.8. The van der Waals surface area contributed by atoms with E-state index in [0.29, 0.717) is 0 Å². The molecule has 0 saturated carbocycles. The molecular formula is C14H26O4. The van der Waals surface area contributed by atoms with Crippen LogP contribution in [0.3, 0.4) is 0 Å². The van der Waals surface area contributed by atoms with Crippen molar-refractivity contribution >= 4 is 11.9 Å². The number of hydrogen-bond donors (Lipinski definition) is 2. The van der Waals surface area contributed by atoms with Crippen LogP contribution in [0.2, 0.25) is 0 Å². The minimum absolute atomic E-state index is 2.73. The van der Waals surface area contributed by atoms with Crippen molar-refractivity contribution in [2.75, 3.05) is 0 Å². The average Bonchev–Trinajstić information content (AvgIpc) is 2.77. The fourth-order valence-corrected chi connectivity index (χ4v) is 0.419. The maximum absolute atomic E-state index is 11.2. The quantitative estimate of drug-likeness (QED) is 0.538. The summed E-state index contributed by atoms with van der Waals surface area (Å²) in [5.41, 5.74) is 0. The Labute approximate surface area is 143 Å². The summed E-state index contributed by atoms with van der Waals surface area (Å²) in [4.78, 5) is 22.4. The maximum atomic E-state index is 11.2. The van der Waals surface area contributed by atoms with Crippen molar-refractivity contribution in [3.05, 3.63) is 0 Å². The van der Waals surface area contributed by atoms with E-state index in [2.05, 4.69) is 0 Å². The summed E-state index contributed by atoms with van der Waals surface area (Å²) in [6, 6.07) is 0. The Bertz CT molecular complexity index is 989. The minimum atomic E-state index is -4.98. The molecule has 0 aliphatic heterocycles. The van der Waals surface area contributed by atoms with E-state index in [9.17, 15) is 9.59 Å². The lowest BCUT2D eigenvalue weighted by molar-refractivity contribution is -0.138. The van der Waals surface area contributed by atoms with Gasteiger partial charge >= 0.3 is 11.9 Å². The molecule has 0 aromatic carbocycles. The number of carboxylic acid groups (broad SMARTS) is 2. The largest absolute Gasteiger partial charge is 0.481 e. The van der Waals surface area contributed by atoms with Gasteiger partial charge in [-0.3, -0.25) is 9.59 Å². The Hall–Kier alpha value is -1.06. The van der Waals surface area contributed by atoms with Crippen LogP contribution < -0.4 is 0 Å². The van der Waals surface area contributed by atoms with E-state index in [1.165, 1.54) is 0 Å². The highest BCUT2D eigenvalue weighted by atomic mass is 16.4. The van der Waals surface area contributed by atoms with Gasteiger partial charge in [-0.2, -0.15) is 0 Å². The predicted octanol–water partition coefficient (Wildman–Crippen LogP) is 3.84. The minimum Gasteiger partial charge on any atom is -0.481 e. The second-order valence-electron chi connectivity index (χ2n) is 2.11. The van der Waals surface area contributed by atoms with Crippen molar-refractivity contribution in [3.8, 4) is 0 Å². The Morgan fingerprint density at radius 1 is 0.611 bits per heavy atom. The number of hydrogen-bond acceptors (Lipinski definition) is 2. The van der Waals surface area contributed by atoms with Gasteiger partial charge in [0.2, 0.25) is 0 Å². The third-order valence-electron chi connectivity index (χ3n) is 0.901. The lowest BCUT2D eigenvalue weighted by atomic mass is 10.1. The molecule has 0 bridgehead atoms. The van der Waals surface area contributed by atoms with Gasteiger partial charge in [0.05, 0.1) is 0 Å². The van der Waals surface area contributed by atoms with E-state index < -0.39 is 88.4 Å². The first kappa shape index (κ1) is 2.70. The van der Waals surface area contributed by atoms with Crippen LogP contribution in [-0.4, -0.2) is 22.2 Å². The number of rotatable bonds is 13. The van der Waals surface area contributed by atoms with Gasteiger partial charge in [-0.15, -0.1) is 0 Å². The third kappa shape index (κ3) is 14.9. The summed E-state index contributed by atoms with van der Waals surface area (Å²) in [6.45, 7) is 0. The van der Waals surface area contributed by atoms with E-state index in [-0.39, 0.29) is 0 Å². The van der Waals surface area contributed by atoms with Crippen LogP contribution in [0.5, 0.6) is 0 Å². The molecule has 0 radical (unpaired) electrons. The van der Waals surface area contributed by atoms with E-state index in [1.807, 2.05) is 0 Å². The second-order valence-corrected chi connectivity index (χ2v) is 2.11. The molecule has 0 heterocycles. The molecule has 0 unspecified atom stereocenters. The fourth-order valence-electron chi connectivity index (χ4n) is 0.419. The molecule has 4 nitrogen and oxygen atoms in total. The van der Waals surface area contributed by atoms with E-state index in [4.69, 9.17) is 43.1 Å². The van der Waals surface area contributed by atoms with Crippen molar-refractivity contribution < 1.29 is 52.7 Å². The lowest BCUT2D eigenvalue weighted by Gasteiger charge is -2.01.